The van der Waals surface area contributed by atoms with Crippen LogP contribution in [0, 0.1) is 17.8 Å². The van der Waals surface area contributed by atoms with Gasteiger partial charge in [-0.1, -0.05) is 25.5 Å². The molecule has 22 heavy (non-hydrogen) atoms. The Morgan fingerprint density at radius 2 is 1.95 bits per heavy atom. The summed E-state index contributed by atoms with van der Waals surface area (Å²) in [4.78, 5) is 25.0. The van der Waals surface area contributed by atoms with Crippen molar-refractivity contribution in [3.63, 3.8) is 0 Å². The monoisotopic (exact) mass is 300 g/mol. The van der Waals surface area contributed by atoms with Crippen molar-refractivity contribution in [2.75, 3.05) is 0 Å². The van der Waals surface area contributed by atoms with Crippen molar-refractivity contribution in [1.29, 1.82) is 0 Å². The summed E-state index contributed by atoms with van der Waals surface area (Å²) in [5.41, 5.74) is 3.60. The number of carbonyl (C=O) groups is 2. The van der Waals surface area contributed by atoms with Gasteiger partial charge < -0.3 is 0 Å². The van der Waals surface area contributed by atoms with E-state index in [1.54, 1.807) is 6.92 Å². The maximum Gasteiger partial charge on any atom is 0.185 e. The first-order valence-electron chi connectivity index (χ1n) is 8.47. The zero-order valence-electron chi connectivity index (χ0n) is 14.5. The van der Waals surface area contributed by atoms with E-state index in [2.05, 4.69) is 33.8 Å². The first kappa shape index (κ1) is 16.9. The zero-order valence-corrected chi connectivity index (χ0v) is 14.5. The van der Waals surface area contributed by atoms with E-state index in [4.69, 9.17) is 0 Å². The van der Waals surface area contributed by atoms with Crippen LogP contribution in [-0.2, 0) is 9.59 Å². The van der Waals surface area contributed by atoms with Gasteiger partial charge in [0.1, 0.15) is 0 Å². The Bertz CT molecular complexity index is 571. The first-order chi connectivity index (χ1) is 10.3. The molecule has 0 N–H and O–H groups in total. The van der Waals surface area contributed by atoms with E-state index >= 15 is 0 Å². The quantitative estimate of drug-likeness (QED) is 0.551. The number of ketones is 2. The summed E-state index contributed by atoms with van der Waals surface area (Å²) in [6, 6.07) is 0. The molecule has 2 unspecified atom stereocenters. The molecule has 0 fully saturated rings. The van der Waals surface area contributed by atoms with E-state index in [1.807, 2.05) is 0 Å². The van der Waals surface area contributed by atoms with Crippen molar-refractivity contribution < 1.29 is 9.59 Å². The van der Waals surface area contributed by atoms with Crippen LogP contribution >= 0.6 is 0 Å². The molecule has 3 atom stereocenters. The largest absolute Gasteiger partial charge is 0.290 e. The third-order valence-corrected chi connectivity index (χ3v) is 5.14. The molecule has 2 aliphatic rings. The van der Waals surface area contributed by atoms with Gasteiger partial charge in [-0.3, -0.25) is 9.59 Å². The van der Waals surface area contributed by atoms with Crippen molar-refractivity contribution in [3.8, 4) is 0 Å². The molecule has 0 amide bonds. The molecule has 0 aromatic heterocycles. The van der Waals surface area contributed by atoms with Gasteiger partial charge in [0.05, 0.1) is 0 Å². The number of Topliss-reactive ketones (excluding diaryl/α,β-unsaturated/α-hetero) is 1. The van der Waals surface area contributed by atoms with Crippen molar-refractivity contribution in [2.45, 2.75) is 60.3 Å². The number of rotatable bonds is 4. The van der Waals surface area contributed by atoms with Crippen LogP contribution < -0.4 is 0 Å². The summed E-state index contributed by atoms with van der Waals surface area (Å²) >= 11 is 0. The molecule has 0 radical (unpaired) electrons. The van der Waals surface area contributed by atoms with Crippen LogP contribution in [0.15, 0.2) is 34.4 Å². The zero-order chi connectivity index (χ0) is 16.4. The lowest BCUT2D eigenvalue weighted by Crippen LogP contribution is -2.33. The third kappa shape index (κ3) is 3.31. The molecule has 0 aromatic carbocycles. The minimum Gasteiger partial charge on any atom is -0.290 e. The Balaban J connectivity index is 2.27. The van der Waals surface area contributed by atoms with Crippen LogP contribution in [0.2, 0.25) is 0 Å². The lowest BCUT2D eigenvalue weighted by molar-refractivity contribution is -0.117. The number of carbonyl (C=O) groups excluding carboxylic acids is 2. The number of hydrogen-bond donors (Lipinski definition) is 0. The van der Waals surface area contributed by atoms with Gasteiger partial charge in [-0.15, -0.1) is 0 Å². The van der Waals surface area contributed by atoms with Gasteiger partial charge in [0, 0.05) is 16.7 Å². The summed E-state index contributed by atoms with van der Waals surface area (Å²) in [5.74, 6) is 1.09. The average molecular weight is 300 g/mol. The van der Waals surface area contributed by atoms with Crippen molar-refractivity contribution in [3.05, 3.63) is 34.4 Å². The van der Waals surface area contributed by atoms with Gasteiger partial charge in [0.25, 0.3) is 0 Å². The number of allylic oxidation sites excluding steroid dienone is 6. The molecule has 0 aliphatic heterocycles. The minimum atomic E-state index is 0.0702. The third-order valence-electron chi connectivity index (χ3n) is 5.14. The molecular weight excluding hydrogens is 272 g/mol. The Morgan fingerprint density at radius 1 is 1.27 bits per heavy atom. The Labute approximate surface area is 134 Å². The van der Waals surface area contributed by atoms with E-state index in [0.717, 1.165) is 36.8 Å². The average Bonchev–Trinajstić information content (AvgIpc) is 2.43. The topological polar surface area (TPSA) is 34.1 Å². The highest BCUT2D eigenvalue weighted by atomic mass is 16.1. The van der Waals surface area contributed by atoms with Gasteiger partial charge in [0.2, 0.25) is 0 Å². The number of hydrogen-bond acceptors (Lipinski definition) is 2. The second-order valence-corrected chi connectivity index (χ2v) is 7.27. The SMILES string of the molecule is CC(C)=CCCC(C)C1CC[C@@H](C)C2=C1C(=O)C(C)=CC2=O. The Kier molecular flexibility index (Phi) is 5.20. The predicted octanol–water partition coefficient (Wildman–Crippen LogP) is 4.81. The summed E-state index contributed by atoms with van der Waals surface area (Å²) in [6.07, 6.45) is 7.97. The fraction of sp³-hybridized carbons (Fsp3) is 0.600. The van der Waals surface area contributed by atoms with E-state index < -0.39 is 0 Å². The fourth-order valence-corrected chi connectivity index (χ4v) is 3.81. The molecule has 0 bridgehead atoms. The highest BCUT2D eigenvalue weighted by Crippen LogP contribution is 2.43. The van der Waals surface area contributed by atoms with Crippen LogP contribution in [0.1, 0.15) is 60.3 Å². The van der Waals surface area contributed by atoms with Gasteiger partial charge in [-0.05, 0) is 70.3 Å². The second-order valence-electron chi connectivity index (χ2n) is 7.27. The standard InChI is InChI=1S/C20H28O2/c1-12(2)7-6-8-13(3)16-10-9-14(4)18-17(21)11-15(5)20(22)19(16)18/h7,11,13-14,16H,6,8-10H2,1-5H3/t13?,14-,16?/m1/s1. The van der Waals surface area contributed by atoms with E-state index in [0.29, 0.717) is 11.5 Å². The summed E-state index contributed by atoms with van der Waals surface area (Å²) < 4.78 is 0. The minimum absolute atomic E-state index is 0.0702. The van der Waals surface area contributed by atoms with E-state index in [1.165, 1.54) is 11.6 Å². The summed E-state index contributed by atoms with van der Waals surface area (Å²) in [6.45, 7) is 10.3. The predicted molar refractivity (Wildman–Crippen MR) is 90.5 cm³/mol. The molecule has 2 aliphatic carbocycles. The second kappa shape index (κ2) is 6.76. The molecule has 0 spiro atoms. The van der Waals surface area contributed by atoms with Crippen LogP contribution in [0.3, 0.4) is 0 Å². The molecule has 0 saturated carbocycles. The van der Waals surface area contributed by atoms with E-state index in [-0.39, 0.29) is 23.4 Å². The maximum atomic E-state index is 12.7. The molecule has 0 aromatic rings. The van der Waals surface area contributed by atoms with Crippen molar-refractivity contribution >= 4 is 11.6 Å². The maximum absolute atomic E-state index is 12.7. The summed E-state index contributed by atoms with van der Waals surface area (Å²) in [7, 11) is 0. The molecule has 2 rings (SSSR count). The van der Waals surface area contributed by atoms with Crippen molar-refractivity contribution in [2.24, 2.45) is 17.8 Å². The fourth-order valence-electron chi connectivity index (χ4n) is 3.81. The molecule has 0 heterocycles. The highest BCUT2D eigenvalue weighted by Gasteiger charge is 2.39. The lowest BCUT2D eigenvalue weighted by atomic mass is 9.67. The van der Waals surface area contributed by atoms with Gasteiger partial charge in [0.15, 0.2) is 11.6 Å². The molecule has 120 valence electrons. The molecule has 2 heteroatoms. The van der Waals surface area contributed by atoms with Gasteiger partial charge in [-0.25, -0.2) is 0 Å². The Morgan fingerprint density at radius 3 is 2.59 bits per heavy atom. The molecular formula is C20H28O2. The lowest BCUT2D eigenvalue weighted by Gasteiger charge is -2.36. The highest BCUT2D eigenvalue weighted by molar-refractivity contribution is 6.23. The van der Waals surface area contributed by atoms with Crippen molar-refractivity contribution in [1.82, 2.24) is 0 Å². The Hall–Kier alpha value is -1.44. The first-order valence-corrected chi connectivity index (χ1v) is 8.47. The smallest absolute Gasteiger partial charge is 0.185 e. The molecule has 2 nitrogen and oxygen atoms in total. The van der Waals surface area contributed by atoms with Gasteiger partial charge in [-0.2, -0.15) is 0 Å². The molecule has 0 saturated heterocycles. The van der Waals surface area contributed by atoms with Crippen LogP contribution in [0.4, 0.5) is 0 Å². The summed E-state index contributed by atoms with van der Waals surface area (Å²) in [5, 5.41) is 0. The van der Waals surface area contributed by atoms with Crippen LogP contribution in [0.5, 0.6) is 0 Å². The normalized spacial score (nSPS) is 26.5. The van der Waals surface area contributed by atoms with Crippen LogP contribution in [0.25, 0.3) is 0 Å². The van der Waals surface area contributed by atoms with Gasteiger partial charge >= 0.3 is 0 Å². The van der Waals surface area contributed by atoms with E-state index in [9.17, 15) is 9.59 Å². The van der Waals surface area contributed by atoms with Crippen LogP contribution in [-0.4, -0.2) is 11.6 Å².